The highest BCUT2D eigenvalue weighted by Crippen LogP contribution is 2.33. The Kier molecular flexibility index (Phi) is 3.08. The molecule has 0 aromatic carbocycles. The number of hydrogen-bond acceptors (Lipinski definition) is 2. The molecule has 1 aliphatic carbocycles. The van der Waals surface area contributed by atoms with Gasteiger partial charge in [0, 0.05) is 5.92 Å². The minimum atomic E-state index is -0.757. The standard InChI is InChI=1S/C12H17FN2O/c1-7-4-3-5-9(6-7)11-14-8(2)10(13)12(16)15-11/h7,9H,3-6H2,1-2H3,(H,14,15,16). The normalized spacial score (nSPS) is 25.7. The second-order valence-corrected chi connectivity index (χ2v) is 4.82. The molecule has 1 N–H and O–H groups in total. The monoisotopic (exact) mass is 224 g/mol. The Bertz CT molecular complexity index is 441. The van der Waals surface area contributed by atoms with Crippen molar-refractivity contribution in [3.8, 4) is 0 Å². The van der Waals surface area contributed by atoms with E-state index in [2.05, 4.69) is 16.9 Å². The molecule has 88 valence electrons. The lowest BCUT2D eigenvalue weighted by molar-refractivity contribution is 0.333. The highest BCUT2D eigenvalue weighted by Gasteiger charge is 2.23. The van der Waals surface area contributed by atoms with Gasteiger partial charge in [0.15, 0.2) is 0 Å². The molecule has 1 fully saturated rings. The lowest BCUT2D eigenvalue weighted by Crippen LogP contribution is -2.22. The van der Waals surface area contributed by atoms with Crippen molar-refractivity contribution in [2.45, 2.75) is 45.4 Å². The molecule has 2 atom stereocenters. The summed E-state index contributed by atoms with van der Waals surface area (Å²) in [4.78, 5) is 18.0. The summed E-state index contributed by atoms with van der Waals surface area (Å²) in [5.41, 5.74) is -0.433. The van der Waals surface area contributed by atoms with Crippen LogP contribution in [0.3, 0.4) is 0 Å². The summed E-state index contributed by atoms with van der Waals surface area (Å²) < 4.78 is 13.1. The third-order valence-corrected chi connectivity index (χ3v) is 3.37. The van der Waals surface area contributed by atoms with Crippen molar-refractivity contribution in [3.05, 3.63) is 27.7 Å². The molecule has 4 heteroatoms. The van der Waals surface area contributed by atoms with Gasteiger partial charge < -0.3 is 4.98 Å². The van der Waals surface area contributed by atoms with E-state index in [-0.39, 0.29) is 11.6 Å². The van der Waals surface area contributed by atoms with Crippen molar-refractivity contribution in [3.63, 3.8) is 0 Å². The van der Waals surface area contributed by atoms with Crippen LogP contribution in [-0.2, 0) is 0 Å². The van der Waals surface area contributed by atoms with Gasteiger partial charge in [-0.25, -0.2) is 4.98 Å². The van der Waals surface area contributed by atoms with Gasteiger partial charge in [0.2, 0.25) is 5.82 Å². The largest absolute Gasteiger partial charge is 0.308 e. The molecule has 1 saturated carbocycles. The topological polar surface area (TPSA) is 45.8 Å². The van der Waals surface area contributed by atoms with Gasteiger partial charge in [-0.05, 0) is 25.7 Å². The fourth-order valence-corrected chi connectivity index (χ4v) is 2.47. The van der Waals surface area contributed by atoms with Crippen molar-refractivity contribution in [1.82, 2.24) is 9.97 Å². The zero-order chi connectivity index (χ0) is 11.7. The number of aromatic nitrogens is 2. The lowest BCUT2D eigenvalue weighted by atomic mass is 9.82. The highest BCUT2D eigenvalue weighted by atomic mass is 19.1. The third kappa shape index (κ3) is 2.15. The molecule has 0 amide bonds. The Morgan fingerprint density at radius 1 is 1.44 bits per heavy atom. The van der Waals surface area contributed by atoms with Gasteiger partial charge in [-0.3, -0.25) is 4.79 Å². The van der Waals surface area contributed by atoms with Crippen LogP contribution in [-0.4, -0.2) is 9.97 Å². The summed E-state index contributed by atoms with van der Waals surface area (Å²) >= 11 is 0. The van der Waals surface area contributed by atoms with Gasteiger partial charge in [0.25, 0.3) is 5.56 Å². The Hall–Kier alpha value is -1.19. The molecule has 0 saturated heterocycles. The molecule has 0 spiro atoms. The van der Waals surface area contributed by atoms with Crippen molar-refractivity contribution in [2.75, 3.05) is 0 Å². The second kappa shape index (κ2) is 4.36. The molecule has 3 nitrogen and oxygen atoms in total. The second-order valence-electron chi connectivity index (χ2n) is 4.82. The van der Waals surface area contributed by atoms with Crippen molar-refractivity contribution in [2.24, 2.45) is 5.92 Å². The zero-order valence-electron chi connectivity index (χ0n) is 9.72. The number of hydrogen-bond donors (Lipinski definition) is 1. The van der Waals surface area contributed by atoms with E-state index in [9.17, 15) is 9.18 Å². The van der Waals surface area contributed by atoms with Crippen LogP contribution in [0.4, 0.5) is 4.39 Å². The third-order valence-electron chi connectivity index (χ3n) is 3.37. The summed E-state index contributed by atoms with van der Waals surface area (Å²) in [5, 5.41) is 0. The first-order valence-electron chi connectivity index (χ1n) is 5.84. The Morgan fingerprint density at radius 3 is 2.81 bits per heavy atom. The number of rotatable bonds is 1. The molecule has 1 aliphatic rings. The fourth-order valence-electron chi connectivity index (χ4n) is 2.47. The van der Waals surface area contributed by atoms with E-state index in [4.69, 9.17) is 0 Å². The van der Waals surface area contributed by atoms with Crippen LogP contribution >= 0.6 is 0 Å². The van der Waals surface area contributed by atoms with Crippen LogP contribution in [0, 0.1) is 18.7 Å². The summed E-state index contributed by atoms with van der Waals surface area (Å²) in [5.74, 6) is 0.855. The van der Waals surface area contributed by atoms with Gasteiger partial charge >= 0.3 is 0 Å². The Morgan fingerprint density at radius 2 is 2.19 bits per heavy atom. The Balaban J connectivity index is 2.30. The van der Waals surface area contributed by atoms with Gasteiger partial charge in [-0.1, -0.05) is 19.8 Å². The van der Waals surface area contributed by atoms with Gasteiger partial charge in [-0.2, -0.15) is 4.39 Å². The smallest absolute Gasteiger partial charge is 0.287 e. The number of aromatic amines is 1. The van der Waals surface area contributed by atoms with Crippen LogP contribution in [0.1, 0.15) is 50.0 Å². The summed E-state index contributed by atoms with van der Waals surface area (Å²) in [6.07, 6.45) is 4.47. The molecule has 2 rings (SSSR count). The van der Waals surface area contributed by atoms with Crippen molar-refractivity contribution < 1.29 is 4.39 Å². The van der Waals surface area contributed by atoms with E-state index in [1.165, 1.54) is 6.42 Å². The zero-order valence-corrected chi connectivity index (χ0v) is 9.72. The maximum atomic E-state index is 13.1. The molecule has 0 aliphatic heterocycles. The van der Waals surface area contributed by atoms with Gasteiger partial charge in [0.1, 0.15) is 5.82 Å². The van der Waals surface area contributed by atoms with Crippen molar-refractivity contribution >= 4 is 0 Å². The molecule has 2 unspecified atom stereocenters. The number of H-pyrrole nitrogens is 1. The fraction of sp³-hybridized carbons (Fsp3) is 0.667. The van der Waals surface area contributed by atoms with Crippen LogP contribution in [0.15, 0.2) is 4.79 Å². The molecule has 1 aromatic heterocycles. The molecule has 1 aromatic rings. The average molecular weight is 224 g/mol. The number of aryl methyl sites for hydroxylation is 1. The molecular weight excluding hydrogens is 207 g/mol. The number of nitrogens with zero attached hydrogens (tertiary/aromatic N) is 1. The summed E-state index contributed by atoms with van der Waals surface area (Å²) in [6, 6.07) is 0. The maximum Gasteiger partial charge on any atom is 0.287 e. The first-order valence-corrected chi connectivity index (χ1v) is 5.84. The van der Waals surface area contributed by atoms with Crippen molar-refractivity contribution in [1.29, 1.82) is 0 Å². The SMILES string of the molecule is Cc1nc(C2CCCC(C)C2)[nH]c(=O)c1F. The molecule has 0 bridgehead atoms. The molecule has 16 heavy (non-hydrogen) atoms. The predicted octanol–water partition coefficient (Wildman–Crippen LogP) is 2.51. The number of nitrogens with one attached hydrogen (secondary N) is 1. The minimum Gasteiger partial charge on any atom is -0.308 e. The number of halogens is 1. The molecule has 1 heterocycles. The van der Waals surface area contributed by atoms with Gasteiger partial charge in [-0.15, -0.1) is 0 Å². The van der Waals surface area contributed by atoms with E-state index < -0.39 is 11.4 Å². The average Bonchev–Trinajstić information content (AvgIpc) is 2.25. The highest BCUT2D eigenvalue weighted by molar-refractivity contribution is 5.07. The van der Waals surface area contributed by atoms with Crippen LogP contribution in [0.5, 0.6) is 0 Å². The predicted molar refractivity (Wildman–Crippen MR) is 59.9 cm³/mol. The minimum absolute atomic E-state index is 0.206. The maximum absolute atomic E-state index is 13.1. The lowest BCUT2D eigenvalue weighted by Gasteiger charge is -2.25. The molecular formula is C12H17FN2O. The van der Waals surface area contributed by atoms with E-state index >= 15 is 0 Å². The summed E-state index contributed by atoms with van der Waals surface area (Å²) in [6.45, 7) is 3.75. The van der Waals surface area contributed by atoms with Crippen LogP contribution in [0.2, 0.25) is 0 Å². The molecule has 0 radical (unpaired) electrons. The summed E-state index contributed by atoms with van der Waals surface area (Å²) in [7, 11) is 0. The van der Waals surface area contributed by atoms with Gasteiger partial charge in [0.05, 0.1) is 5.69 Å². The first-order chi connectivity index (χ1) is 7.58. The van der Waals surface area contributed by atoms with E-state index in [0.29, 0.717) is 11.7 Å². The van der Waals surface area contributed by atoms with E-state index in [0.717, 1.165) is 19.3 Å². The van der Waals surface area contributed by atoms with Crippen LogP contribution < -0.4 is 5.56 Å². The van der Waals surface area contributed by atoms with Crippen LogP contribution in [0.25, 0.3) is 0 Å². The Labute approximate surface area is 94.1 Å². The van der Waals surface area contributed by atoms with E-state index in [1.54, 1.807) is 6.92 Å². The van der Waals surface area contributed by atoms with E-state index in [1.807, 2.05) is 0 Å². The quantitative estimate of drug-likeness (QED) is 0.796. The first kappa shape index (κ1) is 11.3.